The molecule has 1 atom stereocenters. The summed E-state index contributed by atoms with van der Waals surface area (Å²) in [5.74, 6) is 0.267. The van der Waals surface area contributed by atoms with E-state index in [2.05, 4.69) is 22.5 Å². The maximum atomic E-state index is 12.2. The monoisotopic (exact) mass is 311 g/mol. The molecule has 0 spiro atoms. The molecule has 2 N–H and O–H groups in total. The molecule has 0 aromatic rings. The number of carbonyl (C=O) groups excluding carboxylic acids is 1. The summed E-state index contributed by atoms with van der Waals surface area (Å²) in [6, 6.07) is 0.540. The van der Waals surface area contributed by atoms with Crippen molar-refractivity contribution in [1.82, 2.24) is 15.5 Å². The average molecular weight is 312 g/mol. The first-order chi connectivity index (χ1) is 8.31. The lowest BCUT2D eigenvalue weighted by molar-refractivity contribution is -0.126. The molecule has 2 saturated heterocycles. The molecule has 2 fully saturated rings. The van der Waals surface area contributed by atoms with Gasteiger partial charge in [0.25, 0.3) is 0 Å². The number of rotatable bonds is 4. The van der Waals surface area contributed by atoms with Gasteiger partial charge in [0, 0.05) is 6.04 Å². The lowest BCUT2D eigenvalue weighted by atomic mass is 10.1. The molecule has 4 nitrogen and oxygen atoms in total. The van der Waals surface area contributed by atoms with Gasteiger partial charge >= 0.3 is 0 Å². The van der Waals surface area contributed by atoms with Crippen LogP contribution >= 0.6 is 24.8 Å². The molecular formula is C13H27Cl2N3O. The van der Waals surface area contributed by atoms with Crippen LogP contribution in [0, 0.1) is 0 Å². The Labute approximate surface area is 128 Å². The lowest BCUT2D eigenvalue weighted by Crippen LogP contribution is -2.49. The summed E-state index contributed by atoms with van der Waals surface area (Å²) in [6.45, 7) is 6.41. The minimum absolute atomic E-state index is 0. The van der Waals surface area contributed by atoms with Crippen LogP contribution in [0.25, 0.3) is 0 Å². The fourth-order valence-corrected chi connectivity index (χ4v) is 2.94. The zero-order chi connectivity index (χ0) is 12.1. The number of halogens is 2. The first-order valence-electron chi connectivity index (χ1n) is 7.06. The van der Waals surface area contributed by atoms with Gasteiger partial charge in [0.1, 0.15) is 0 Å². The number of amides is 1. The maximum absolute atomic E-state index is 12.2. The molecule has 0 aromatic heterocycles. The van der Waals surface area contributed by atoms with Crippen LogP contribution in [0.5, 0.6) is 0 Å². The quantitative estimate of drug-likeness (QED) is 0.828. The van der Waals surface area contributed by atoms with Crippen molar-refractivity contribution in [3.8, 4) is 0 Å². The van der Waals surface area contributed by atoms with Crippen molar-refractivity contribution in [3.05, 3.63) is 0 Å². The van der Waals surface area contributed by atoms with Crippen LogP contribution in [-0.2, 0) is 4.79 Å². The van der Waals surface area contributed by atoms with E-state index in [0.29, 0.717) is 6.04 Å². The summed E-state index contributed by atoms with van der Waals surface area (Å²) in [6.07, 6.45) is 5.50. The molecule has 1 amide bonds. The smallest absolute Gasteiger partial charge is 0.237 e. The Morgan fingerprint density at radius 2 is 1.95 bits per heavy atom. The first kappa shape index (κ1) is 19.0. The molecule has 0 radical (unpaired) electrons. The molecule has 6 heteroatoms. The van der Waals surface area contributed by atoms with Crippen LogP contribution in [-0.4, -0.2) is 49.1 Å². The molecular weight excluding hydrogens is 285 g/mol. The first-order valence-corrected chi connectivity index (χ1v) is 7.06. The number of carbonyl (C=O) groups is 1. The summed E-state index contributed by atoms with van der Waals surface area (Å²) in [5, 5.41) is 6.55. The molecule has 19 heavy (non-hydrogen) atoms. The minimum Gasteiger partial charge on any atom is -0.352 e. The van der Waals surface area contributed by atoms with Crippen LogP contribution in [0.15, 0.2) is 0 Å². The second kappa shape index (κ2) is 9.81. The third kappa shape index (κ3) is 5.46. The summed E-state index contributed by atoms with van der Waals surface area (Å²) in [4.78, 5) is 14.6. The van der Waals surface area contributed by atoms with E-state index >= 15 is 0 Å². The van der Waals surface area contributed by atoms with E-state index in [4.69, 9.17) is 0 Å². The highest BCUT2D eigenvalue weighted by molar-refractivity contribution is 5.85. The highest BCUT2D eigenvalue weighted by Gasteiger charge is 2.31. The summed E-state index contributed by atoms with van der Waals surface area (Å²) in [7, 11) is 0. The number of hydrogen-bond acceptors (Lipinski definition) is 3. The van der Waals surface area contributed by atoms with Crippen molar-refractivity contribution in [1.29, 1.82) is 0 Å². The minimum atomic E-state index is 0. The average Bonchev–Trinajstić information content (AvgIpc) is 2.79. The Bertz CT molecular complexity index is 260. The van der Waals surface area contributed by atoms with Gasteiger partial charge in [0.2, 0.25) is 5.91 Å². The fraction of sp³-hybridized carbons (Fsp3) is 0.923. The third-order valence-corrected chi connectivity index (χ3v) is 3.86. The number of hydrogen-bond donors (Lipinski definition) is 2. The van der Waals surface area contributed by atoms with Gasteiger partial charge in [-0.05, 0) is 58.3 Å². The van der Waals surface area contributed by atoms with Gasteiger partial charge in [-0.3, -0.25) is 9.69 Å². The molecule has 0 aromatic carbocycles. The van der Waals surface area contributed by atoms with E-state index in [1.807, 2.05) is 0 Å². The largest absolute Gasteiger partial charge is 0.352 e. The molecule has 2 rings (SSSR count). The molecule has 1 unspecified atom stereocenters. The molecule has 0 bridgehead atoms. The summed E-state index contributed by atoms with van der Waals surface area (Å²) in [5.41, 5.74) is 0. The van der Waals surface area contributed by atoms with E-state index in [0.717, 1.165) is 51.9 Å². The standard InChI is InChI=1S/C13H25N3O.2ClH/c1-2-9-16-10-3-4-12(16)13(17)15-11-5-7-14-8-6-11;;/h11-12,14H,2-10H2,1H3,(H,15,17);2*1H. The lowest BCUT2D eigenvalue weighted by Gasteiger charge is -2.28. The van der Waals surface area contributed by atoms with E-state index in [-0.39, 0.29) is 36.8 Å². The van der Waals surface area contributed by atoms with Gasteiger partial charge in [0.15, 0.2) is 0 Å². The van der Waals surface area contributed by atoms with E-state index < -0.39 is 0 Å². The Morgan fingerprint density at radius 1 is 1.26 bits per heavy atom. The number of nitrogens with zero attached hydrogens (tertiary/aromatic N) is 1. The van der Waals surface area contributed by atoms with Crippen LogP contribution in [0.2, 0.25) is 0 Å². The van der Waals surface area contributed by atoms with E-state index in [1.54, 1.807) is 0 Å². The zero-order valence-electron chi connectivity index (χ0n) is 11.7. The number of likely N-dealkylation sites (tertiary alicyclic amines) is 1. The van der Waals surface area contributed by atoms with Crippen LogP contribution in [0.1, 0.15) is 39.0 Å². The fourth-order valence-electron chi connectivity index (χ4n) is 2.94. The van der Waals surface area contributed by atoms with Crippen LogP contribution < -0.4 is 10.6 Å². The van der Waals surface area contributed by atoms with E-state index in [1.165, 1.54) is 6.42 Å². The Balaban J connectivity index is 0.00000162. The molecule has 0 saturated carbocycles. The normalized spacial score (nSPS) is 24.4. The van der Waals surface area contributed by atoms with Gasteiger partial charge < -0.3 is 10.6 Å². The predicted octanol–water partition coefficient (Wildman–Crippen LogP) is 1.57. The summed E-state index contributed by atoms with van der Waals surface area (Å²) >= 11 is 0. The number of piperidine rings is 1. The highest BCUT2D eigenvalue weighted by atomic mass is 35.5. The SMILES string of the molecule is CCCN1CCCC1C(=O)NC1CCNCC1.Cl.Cl. The van der Waals surface area contributed by atoms with Gasteiger partial charge in [-0.1, -0.05) is 6.92 Å². The van der Waals surface area contributed by atoms with Crippen LogP contribution in [0.4, 0.5) is 0 Å². The maximum Gasteiger partial charge on any atom is 0.237 e. The highest BCUT2D eigenvalue weighted by Crippen LogP contribution is 2.18. The molecule has 2 heterocycles. The van der Waals surface area contributed by atoms with Gasteiger partial charge in [-0.15, -0.1) is 24.8 Å². The predicted molar refractivity (Wildman–Crippen MR) is 83.4 cm³/mol. The second-order valence-electron chi connectivity index (χ2n) is 5.23. The van der Waals surface area contributed by atoms with Gasteiger partial charge in [-0.2, -0.15) is 0 Å². The van der Waals surface area contributed by atoms with Crippen molar-refractivity contribution in [2.24, 2.45) is 0 Å². The Morgan fingerprint density at radius 3 is 2.58 bits per heavy atom. The van der Waals surface area contributed by atoms with Crippen molar-refractivity contribution >= 4 is 30.7 Å². The van der Waals surface area contributed by atoms with Crippen molar-refractivity contribution in [2.75, 3.05) is 26.2 Å². The van der Waals surface area contributed by atoms with Crippen LogP contribution in [0.3, 0.4) is 0 Å². The molecule has 2 aliphatic heterocycles. The van der Waals surface area contributed by atoms with Crippen molar-refractivity contribution in [3.63, 3.8) is 0 Å². The van der Waals surface area contributed by atoms with Crippen molar-refractivity contribution in [2.45, 2.75) is 51.1 Å². The molecule has 114 valence electrons. The Hall–Kier alpha value is -0.0300. The third-order valence-electron chi connectivity index (χ3n) is 3.86. The topological polar surface area (TPSA) is 44.4 Å². The van der Waals surface area contributed by atoms with Gasteiger partial charge in [0.05, 0.1) is 6.04 Å². The van der Waals surface area contributed by atoms with Gasteiger partial charge in [-0.25, -0.2) is 0 Å². The Kier molecular flexibility index (Phi) is 9.79. The van der Waals surface area contributed by atoms with Crippen molar-refractivity contribution < 1.29 is 4.79 Å². The number of nitrogens with one attached hydrogen (secondary N) is 2. The van der Waals surface area contributed by atoms with E-state index in [9.17, 15) is 4.79 Å². The molecule has 2 aliphatic rings. The summed E-state index contributed by atoms with van der Waals surface area (Å²) < 4.78 is 0. The second-order valence-corrected chi connectivity index (χ2v) is 5.23. The zero-order valence-corrected chi connectivity index (χ0v) is 13.3. The molecule has 0 aliphatic carbocycles.